The van der Waals surface area contributed by atoms with E-state index in [2.05, 4.69) is 170 Å². The molecule has 0 radical (unpaired) electrons. The molecular formula is C47H39N. The van der Waals surface area contributed by atoms with Crippen LogP contribution in [-0.4, -0.2) is 0 Å². The van der Waals surface area contributed by atoms with Gasteiger partial charge in [0.05, 0.1) is 11.4 Å². The number of nitrogens with zero attached hydrogens (tertiary/aromatic N) is 1. The molecule has 232 valence electrons. The molecule has 2 aliphatic carbocycles. The largest absolute Gasteiger partial charge is 0.309 e. The third kappa shape index (κ3) is 4.60. The molecule has 7 aromatic rings. The Morgan fingerprint density at radius 3 is 2.00 bits per heavy atom. The highest BCUT2D eigenvalue weighted by molar-refractivity contribution is 6.02. The molecule has 0 heterocycles. The molecular weight excluding hydrogens is 579 g/mol. The molecule has 0 aliphatic heterocycles. The summed E-state index contributed by atoms with van der Waals surface area (Å²) in [5.74, 6) is 0. The topological polar surface area (TPSA) is 3.24 Å². The van der Waals surface area contributed by atoms with Gasteiger partial charge in [-0.3, -0.25) is 0 Å². The highest BCUT2D eigenvalue weighted by Crippen LogP contribution is 2.54. The highest BCUT2D eigenvalue weighted by Gasteiger charge is 2.37. The van der Waals surface area contributed by atoms with Gasteiger partial charge in [0.25, 0.3) is 0 Å². The van der Waals surface area contributed by atoms with Crippen LogP contribution in [0.1, 0.15) is 48.9 Å². The van der Waals surface area contributed by atoms with E-state index in [4.69, 9.17) is 0 Å². The van der Waals surface area contributed by atoms with E-state index in [9.17, 15) is 0 Å². The summed E-state index contributed by atoms with van der Waals surface area (Å²) in [5.41, 5.74) is 17.1. The number of aryl methyl sites for hydroxylation is 1. The molecule has 9 rings (SSSR count). The van der Waals surface area contributed by atoms with Gasteiger partial charge >= 0.3 is 0 Å². The van der Waals surface area contributed by atoms with Crippen molar-refractivity contribution in [2.24, 2.45) is 0 Å². The Labute approximate surface area is 284 Å². The van der Waals surface area contributed by atoms with E-state index in [0.717, 1.165) is 5.69 Å². The smallest absolute Gasteiger partial charge is 0.0543 e. The van der Waals surface area contributed by atoms with E-state index < -0.39 is 0 Å². The summed E-state index contributed by atoms with van der Waals surface area (Å²) >= 11 is 0. The van der Waals surface area contributed by atoms with Gasteiger partial charge < -0.3 is 4.90 Å². The molecule has 0 amide bonds. The van der Waals surface area contributed by atoms with Gasteiger partial charge in [0.1, 0.15) is 0 Å². The van der Waals surface area contributed by atoms with Crippen molar-refractivity contribution in [1.82, 2.24) is 0 Å². The predicted molar refractivity (Wildman–Crippen MR) is 204 cm³/mol. The molecule has 0 saturated heterocycles. The average Bonchev–Trinajstić information content (AvgIpc) is 3.37. The van der Waals surface area contributed by atoms with Gasteiger partial charge in [-0.1, -0.05) is 135 Å². The van der Waals surface area contributed by atoms with E-state index in [1.165, 1.54) is 97.9 Å². The quantitative estimate of drug-likeness (QED) is 0.186. The Balaban J connectivity index is 1.29. The Morgan fingerprint density at radius 1 is 0.479 bits per heavy atom. The minimum Gasteiger partial charge on any atom is -0.309 e. The average molecular weight is 618 g/mol. The maximum atomic E-state index is 2.49. The van der Waals surface area contributed by atoms with E-state index in [0.29, 0.717) is 0 Å². The zero-order valence-corrected chi connectivity index (χ0v) is 27.7. The van der Waals surface area contributed by atoms with Crippen LogP contribution >= 0.6 is 0 Å². The van der Waals surface area contributed by atoms with Crippen LogP contribution in [0.5, 0.6) is 0 Å². The van der Waals surface area contributed by atoms with Gasteiger partial charge in [-0.05, 0) is 111 Å². The lowest BCUT2D eigenvalue weighted by atomic mass is 9.81. The maximum Gasteiger partial charge on any atom is 0.0543 e. The zero-order chi connectivity index (χ0) is 32.2. The first kappa shape index (κ1) is 28.8. The van der Waals surface area contributed by atoms with Crippen LogP contribution in [0, 0.1) is 0 Å². The fraction of sp³-hybridized carbons (Fsp3) is 0.149. The number of hydrogen-bond acceptors (Lipinski definition) is 1. The molecule has 2 aliphatic rings. The number of hydrogen-bond donors (Lipinski definition) is 0. The molecule has 0 N–H and O–H groups in total. The summed E-state index contributed by atoms with van der Waals surface area (Å²) < 4.78 is 0. The molecule has 0 saturated carbocycles. The lowest BCUT2D eigenvalue weighted by Gasteiger charge is -2.31. The van der Waals surface area contributed by atoms with Crippen LogP contribution < -0.4 is 4.90 Å². The highest BCUT2D eigenvalue weighted by atomic mass is 15.1. The van der Waals surface area contributed by atoms with Crippen LogP contribution in [0.25, 0.3) is 44.2 Å². The van der Waals surface area contributed by atoms with Crippen molar-refractivity contribution >= 4 is 27.8 Å². The third-order valence-corrected chi connectivity index (χ3v) is 10.9. The summed E-state index contributed by atoms with van der Waals surface area (Å²) in [7, 11) is 0. The van der Waals surface area contributed by atoms with Crippen molar-refractivity contribution in [3.05, 3.63) is 174 Å². The molecule has 48 heavy (non-hydrogen) atoms. The van der Waals surface area contributed by atoms with Gasteiger partial charge in [-0.25, -0.2) is 0 Å². The molecule has 0 fully saturated rings. The van der Waals surface area contributed by atoms with E-state index >= 15 is 0 Å². The molecule has 0 unspecified atom stereocenters. The molecule has 7 aromatic carbocycles. The van der Waals surface area contributed by atoms with Gasteiger partial charge in [-0.2, -0.15) is 0 Å². The Morgan fingerprint density at radius 2 is 1.15 bits per heavy atom. The second-order valence-electron chi connectivity index (χ2n) is 14.0. The minimum absolute atomic E-state index is 0.115. The fourth-order valence-corrected chi connectivity index (χ4v) is 8.42. The SMILES string of the molecule is CC1(C)c2ccccc2-c2cc(-c3ccc(-c4cccc5c4CCCC5)cc3)c(N(c3ccccc3)c3cccc4ccccc34)cc21. The number of benzene rings is 7. The second kappa shape index (κ2) is 11.4. The molecule has 0 aromatic heterocycles. The van der Waals surface area contributed by atoms with Gasteiger partial charge in [0, 0.05) is 22.1 Å². The third-order valence-electron chi connectivity index (χ3n) is 10.9. The van der Waals surface area contributed by atoms with Crippen LogP contribution in [0.15, 0.2) is 152 Å². The Hall–Kier alpha value is -5.40. The monoisotopic (exact) mass is 617 g/mol. The van der Waals surface area contributed by atoms with Crippen LogP contribution in [-0.2, 0) is 18.3 Å². The first-order valence-corrected chi connectivity index (χ1v) is 17.4. The van der Waals surface area contributed by atoms with Gasteiger partial charge in [0.15, 0.2) is 0 Å². The Bertz CT molecular complexity index is 2300. The number of fused-ring (bicyclic) bond motifs is 5. The summed E-state index contributed by atoms with van der Waals surface area (Å²) in [4.78, 5) is 2.48. The molecule has 0 atom stereocenters. The standard InChI is InChI=1S/C47H39N/c1-47(2)43-24-11-10-22-40(43)42-30-41(35-28-26-34(27-29-35)38-23-12-16-32-14-6-8-20-37(32)38)46(31-44(42)47)48(36-18-4-3-5-19-36)45-25-13-17-33-15-7-9-21-39(33)45/h3-5,7,9-13,15-19,21-31H,6,8,14,20H2,1-2H3. The van der Waals surface area contributed by atoms with Crippen molar-refractivity contribution in [2.45, 2.75) is 44.9 Å². The van der Waals surface area contributed by atoms with E-state index in [1.54, 1.807) is 5.56 Å². The molecule has 1 heteroatoms. The number of rotatable bonds is 5. The maximum absolute atomic E-state index is 2.49. The lowest BCUT2D eigenvalue weighted by Crippen LogP contribution is -2.17. The zero-order valence-electron chi connectivity index (χ0n) is 27.7. The normalized spacial score (nSPS) is 14.3. The minimum atomic E-state index is -0.115. The van der Waals surface area contributed by atoms with Gasteiger partial charge in [0.2, 0.25) is 0 Å². The lowest BCUT2D eigenvalue weighted by molar-refractivity contribution is 0.660. The van der Waals surface area contributed by atoms with Crippen LogP contribution in [0.4, 0.5) is 17.1 Å². The van der Waals surface area contributed by atoms with Crippen molar-refractivity contribution in [2.75, 3.05) is 4.90 Å². The van der Waals surface area contributed by atoms with Crippen molar-refractivity contribution in [1.29, 1.82) is 0 Å². The van der Waals surface area contributed by atoms with Gasteiger partial charge in [-0.15, -0.1) is 0 Å². The summed E-state index contributed by atoms with van der Waals surface area (Å²) in [6.45, 7) is 4.75. The van der Waals surface area contributed by atoms with E-state index in [1.807, 2.05) is 0 Å². The Kier molecular flexibility index (Phi) is 6.83. The molecule has 0 bridgehead atoms. The molecule has 0 spiro atoms. The number of anilines is 3. The second-order valence-corrected chi connectivity index (χ2v) is 14.0. The molecule has 1 nitrogen and oxygen atoms in total. The van der Waals surface area contributed by atoms with Crippen LogP contribution in [0.3, 0.4) is 0 Å². The number of para-hydroxylation sites is 1. The predicted octanol–water partition coefficient (Wildman–Crippen LogP) is 12.8. The van der Waals surface area contributed by atoms with Crippen LogP contribution in [0.2, 0.25) is 0 Å². The fourth-order valence-electron chi connectivity index (χ4n) is 8.42. The first-order valence-electron chi connectivity index (χ1n) is 17.4. The summed E-state index contributed by atoms with van der Waals surface area (Å²) in [6.07, 6.45) is 4.95. The summed E-state index contributed by atoms with van der Waals surface area (Å²) in [6, 6.07) is 56.5. The summed E-state index contributed by atoms with van der Waals surface area (Å²) in [5, 5.41) is 2.48. The first-order chi connectivity index (χ1) is 23.6. The van der Waals surface area contributed by atoms with Crippen molar-refractivity contribution < 1.29 is 0 Å². The van der Waals surface area contributed by atoms with Crippen molar-refractivity contribution in [3.8, 4) is 33.4 Å². The van der Waals surface area contributed by atoms with Crippen molar-refractivity contribution in [3.63, 3.8) is 0 Å². The van der Waals surface area contributed by atoms with E-state index in [-0.39, 0.29) is 5.41 Å².